The summed E-state index contributed by atoms with van der Waals surface area (Å²) in [7, 11) is 0. The lowest BCUT2D eigenvalue weighted by Crippen LogP contribution is -2.25. The summed E-state index contributed by atoms with van der Waals surface area (Å²) in [5.41, 5.74) is 2.36. The zero-order valence-electron chi connectivity index (χ0n) is 11.7. The molecule has 1 aromatic carbocycles. The highest BCUT2D eigenvalue weighted by Crippen LogP contribution is 2.08. The van der Waals surface area contributed by atoms with Gasteiger partial charge >= 0.3 is 0 Å². The second kappa shape index (κ2) is 7.43. The first-order valence-corrected chi connectivity index (χ1v) is 6.96. The Balaban J connectivity index is 1.78. The van der Waals surface area contributed by atoms with E-state index >= 15 is 0 Å². The van der Waals surface area contributed by atoms with Crippen molar-refractivity contribution in [3.8, 4) is 0 Å². The number of H-pyrrole nitrogens is 1. The van der Waals surface area contributed by atoms with Gasteiger partial charge in [0, 0.05) is 0 Å². The molecule has 20 heavy (non-hydrogen) atoms. The number of rotatable bonds is 7. The Morgan fingerprint density at radius 1 is 1.25 bits per heavy atom. The van der Waals surface area contributed by atoms with E-state index in [0.29, 0.717) is 18.8 Å². The van der Waals surface area contributed by atoms with E-state index in [0.717, 1.165) is 12.0 Å². The molecule has 0 aliphatic carbocycles. The van der Waals surface area contributed by atoms with Crippen LogP contribution in [0.15, 0.2) is 30.6 Å². The van der Waals surface area contributed by atoms with Crippen LogP contribution in [0.25, 0.3) is 0 Å². The first-order chi connectivity index (χ1) is 9.78. The molecule has 0 aliphatic rings. The number of amides is 1. The van der Waals surface area contributed by atoms with Gasteiger partial charge in [-0.3, -0.25) is 9.89 Å². The van der Waals surface area contributed by atoms with Crippen LogP contribution in [0.3, 0.4) is 0 Å². The normalized spacial score (nSPS) is 10.4. The van der Waals surface area contributed by atoms with Gasteiger partial charge in [-0.05, 0) is 24.0 Å². The van der Waals surface area contributed by atoms with Crippen molar-refractivity contribution in [2.24, 2.45) is 0 Å². The Bertz CT molecular complexity index is 519. The van der Waals surface area contributed by atoms with Gasteiger partial charge in [0.1, 0.15) is 12.2 Å². The highest BCUT2D eigenvalue weighted by molar-refractivity contribution is 5.78. The number of hydrogen-bond donors (Lipinski definition) is 2. The summed E-state index contributed by atoms with van der Waals surface area (Å²) in [4.78, 5) is 15.7. The quantitative estimate of drug-likeness (QED) is 0.810. The zero-order valence-corrected chi connectivity index (χ0v) is 11.7. The number of aromatic nitrogens is 3. The van der Waals surface area contributed by atoms with Crippen molar-refractivity contribution < 1.29 is 4.79 Å². The molecule has 1 heterocycles. The van der Waals surface area contributed by atoms with Crippen molar-refractivity contribution in [3.05, 3.63) is 47.5 Å². The minimum Gasteiger partial charge on any atom is -0.349 e. The average molecular weight is 272 g/mol. The van der Waals surface area contributed by atoms with Crippen molar-refractivity contribution in [2.45, 2.75) is 39.2 Å². The lowest BCUT2D eigenvalue weighted by atomic mass is 10.0. The van der Waals surface area contributed by atoms with E-state index in [1.807, 2.05) is 12.1 Å². The number of nitrogens with zero attached hydrogens (tertiary/aromatic N) is 2. The lowest BCUT2D eigenvalue weighted by molar-refractivity contribution is -0.120. The van der Waals surface area contributed by atoms with Crippen molar-refractivity contribution >= 4 is 5.91 Å². The lowest BCUT2D eigenvalue weighted by Gasteiger charge is -2.05. The van der Waals surface area contributed by atoms with Gasteiger partial charge in [-0.2, -0.15) is 5.10 Å². The molecule has 0 atom stereocenters. The molecule has 0 aliphatic heterocycles. The maximum atomic E-state index is 11.8. The summed E-state index contributed by atoms with van der Waals surface area (Å²) >= 11 is 0. The van der Waals surface area contributed by atoms with E-state index in [4.69, 9.17) is 0 Å². The minimum absolute atomic E-state index is 0.0114. The molecule has 1 aromatic heterocycles. The molecular formula is C15H20N4O. The molecule has 0 radical (unpaired) electrons. The zero-order chi connectivity index (χ0) is 14.2. The van der Waals surface area contributed by atoms with E-state index in [1.54, 1.807) is 0 Å². The fourth-order valence-corrected chi connectivity index (χ4v) is 1.95. The van der Waals surface area contributed by atoms with Gasteiger partial charge in [-0.1, -0.05) is 37.6 Å². The van der Waals surface area contributed by atoms with E-state index < -0.39 is 0 Å². The number of carbonyl (C=O) groups excluding carboxylic acids is 1. The first kappa shape index (κ1) is 14.2. The molecule has 0 saturated heterocycles. The third-order valence-electron chi connectivity index (χ3n) is 3.12. The van der Waals surface area contributed by atoms with Crippen LogP contribution in [0.4, 0.5) is 0 Å². The summed E-state index contributed by atoms with van der Waals surface area (Å²) in [5.74, 6) is 0.649. The van der Waals surface area contributed by atoms with Crippen molar-refractivity contribution in [1.29, 1.82) is 0 Å². The predicted molar refractivity (Wildman–Crippen MR) is 77.0 cm³/mol. The third-order valence-corrected chi connectivity index (χ3v) is 3.12. The highest BCUT2D eigenvalue weighted by Gasteiger charge is 2.04. The predicted octanol–water partition coefficient (Wildman–Crippen LogP) is 2.01. The second-order valence-corrected chi connectivity index (χ2v) is 4.81. The standard InChI is InChI=1S/C15H20N4O/c1-2-3-4-12-5-7-13(8-6-12)9-15(20)16-10-14-17-11-18-19-14/h5-8,11H,2-4,9-10H2,1H3,(H,16,20)(H,17,18,19). The van der Waals surface area contributed by atoms with Gasteiger partial charge < -0.3 is 5.32 Å². The van der Waals surface area contributed by atoms with Crippen LogP contribution in [-0.2, 0) is 24.2 Å². The number of carbonyl (C=O) groups is 1. The largest absolute Gasteiger partial charge is 0.349 e. The van der Waals surface area contributed by atoms with Crippen molar-refractivity contribution in [2.75, 3.05) is 0 Å². The molecule has 2 rings (SSSR count). The van der Waals surface area contributed by atoms with E-state index in [-0.39, 0.29) is 5.91 Å². The van der Waals surface area contributed by atoms with Crippen LogP contribution in [0.1, 0.15) is 36.7 Å². The number of benzene rings is 1. The fraction of sp³-hybridized carbons (Fsp3) is 0.400. The summed E-state index contributed by atoms with van der Waals surface area (Å²) in [5, 5.41) is 9.25. The SMILES string of the molecule is CCCCc1ccc(CC(=O)NCc2ncn[nH]2)cc1. The molecule has 0 fully saturated rings. The van der Waals surface area contributed by atoms with E-state index in [2.05, 4.69) is 39.6 Å². The van der Waals surface area contributed by atoms with Gasteiger partial charge in [0.05, 0.1) is 13.0 Å². The fourth-order valence-electron chi connectivity index (χ4n) is 1.95. The number of unbranched alkanes of at least 4 members (excludes halogenated alkanes) is 1. The van der Waals surface area contributed by atoms with Crippen molar-refractivity contribution in [3.63, 3.8) is 0 Å². The number of aryl methyl sites for hydroxylation is 1. The van der Waals surface area contributed by atoms with Crippen LogP contribution in [0.5, 0.6) is 0 Å². The Labute approximate surface area is 118 Å². The molecular weight excluding hydrogens is 252 g/mol. The number of aromatic amines is 1. The van der Waals surface area contributed by atoms with Crippen LogP contribution in [0.2, 0.25) is 0 Å². The molecule has 0 spiro atoms. The second-order valence-electron chi connectivity index (χ2n) is 4.81. The third kappa shape index (κ3) is 4.50. The molecule has 0 bridgehead atoms. The van der Waals surface area contributed by atoms with Gasteiger partial charge in [-0.15, -0.1) is 0 Å². The summed E-state index contributed by atoms with van der Waals surface area (Å²) in [6.07, 6.45) is 5.33. The molecule has 2 N–H and O–H groups in total. The number of nitrogens with one attached hydrogen (secondary N) is 2. The summed E-state index contributed by atoms with van der Waals surface area (Å²) in [6.45, 7) is 2.57. The number of hydrogen-bond acceptors (Lipinski definition) is 3. The Morgan fingerprint density at radius 2 is 2.00 bits per heavy atom. The Hall–Kier alpha value is -2.17. The maximum Gasteiger partial charge on any atom is 0.224 e. The summed E-state index contributed by atoms with van der Waals surface area (Å²) < 4.78 is 0. The van der Waals surface area contributed by atoms with Gasteiger partial charge in [0.2, 0.25) is 5.91 Å². The van der Waals surface area contributed by atoms with Crippen LogP contribution in [-0.4, -0.2) is 21.1 Å². The Morgan fingerprint density at radius 3 is 2.65 bits per heavy atom. The van der Waals surface area contributed by atoms with Gasteiger partial charge in [0.25, 0.3) is 0 Å². The van der Waals surface area contributed by atoms with Crippen molar-refractivity contribution in [1.82, 2.24) is 20.5 Å². The molecule has 0 unspecified atom stereocenters. The minimum atomic E-state index is -0.0114. The Kier molecular flexibility index (Phi) is 5.29. The van der Waals surface area contributed by atoms with E-state index in [1.165, 1.54) is 24.7 Å². The molecule has 1 amide bonds. The molecule has 2 aromatic rings. The first-order valence-electron chi connectivity index (χ1n) is 6.96. The highest BCUT2D eigenvalue weighted by atomic mass is 16.1. The smallest absolute Gasteiger partial charge is 0.224 e. The maximum absolute atomic E-state index is 11.8. The topological polar surface area (TPSA) is 70.7 Å². The van der Waals surface area contributed by atoms with Gasteiger partial charge in [0.15, 0.2) is 0 Å². The molecule has 5 nitrogen and oxygen atoms in total. The summed E-state index contributed by atoms with van der Waals surface area (Å²) in [6, 6.07) is 8.27. The van der Waals surface area contributed by atoms with Crippen LogP contribution in [0, 0.1) is 0 Å². The monoisotopic (exact) mass is 272 g/mol. The molecule has 106 valence electrons. The van der Waals surface area contributed by atoms with Crippen LogP contribution >= 0.6 is 0 Å². The van der Waals surface area contributed by atoms with Gasteiger partial charge in [-0.25, -0.2) is 4.98 Å². The van der Waals surface area contributed by atoms with Crippen LogP contribution < -0.4 is 5.32 Å². The molecule has 5 heteroatoms. The molecule has 0 saturated carbocycles. The average Bonchev–Trinajstić information content (AvgIpc) is 2.98. The van der Waals surface area contributed by atoms with E-state index in [9.17, 15) is 4.79 Å².